The van der Waals surface area contributed by atoms with Crippen molar-refractivity contribution < 1.29 is 28.5 Å². The van der Waals surface area contributed by atoms with Crippen LogP contribution < -0.4 is 30.0 Å². The van der Waals surface area contributed by atoms with E-state index in [1.165, 1.54) is 11.7 Å². The summed E-state index contributed by atoms with van der Waals surface area (Å²) in [6, 6.07) is 13.2. The van der Waals surface area contributed by atoms with E-state index in [9.17, 15) is 14.4 Å². The van der Waals surface area contributed by atoms with Gasteiger partial charge in [0.25, 0.3) is 5.56 Å². The van der Waals surface area contributed by atoms with E-state index in [1.54, 1.807) is 57.4 Å². The Hall–Kier alpha value is -4.31. The molecule has 1 aliphatic heterocycles. The molecule has 3 aromatic rings. The van der Waals surface area contributed by atoms with Gasteiger partial charge in [-0.1, -0.05) is 36.4 Å². The number of methoxy groups -OCH3 is 2. The summed E-state index contributed by atoms with van der Waals surface area (Å²) in [5, 5.41) is 0. The fraction of sp³-hybridized carbons (Fsp3) is 0.250. The molecular weight excluding hydrogens is 508 g/mol. The van der Waals surface area contributed by atoms with E-state index in [4.69, 9.17) is 24.7 Å². The van der Waals surface area contributed by atoms with Crippen molar-refractivity contribution in [2.75, 3.05) is 27.4 Å². The van der Waals surface area contributed by atoms with Crippen LogP contribution in [0.1, 0.15) is 31.0 Å². The normalized spacial score (nSPS) is 15.2. The van der Waals surface area contributed by atoms with Gasteiger partial charge in [0, 0.05) is 11.1 Å². The summed E-state index contributed by atoms with van der Waals surface area (Å²) < 4.78 is 23.6. The van der Waals surface area contributed by atoms with Gasteiger partial charge >= 0.3 is 11.9 Å². The first kappa shape index (κ1) is 26.7. The second-order valence-electron chi connectivity index (χ2n) is 8.12. The molecule has 1 atom stereocenters. The lowest BCUT2D eigenvalue weighted by molar-refractivity contribution is -0.139. The minimum absolute atomic E-state index is 0.0457. The number of hydrogen-bond donors (Lipinski definition) is 1. The molecule has 2 N–H and O–H groups in total. The number of thiazole rings is 1. The lowest BCUT2D eigenvalue weighted by Crippen LogP contribution is -2.43. The third-order valence-electron chi connectivity index (χ3n) is 5.99. The van der Waals surface area contributed by atoms with E-state index < -0.39 is 23.5 Å². The van der Waals surface area contributed by atoms with E-state index in [-0.39, 0.29) is 34.7 Å². The summed E-state index contributed by atoms with van der Waals surface area (Å²) >= 11 is 1.08. The molecule has 4 rings (SSSR count). The summed E-state index contributed by atoms with van der Waals surface area (Å²) in [6.45, 7) is 3.47. The average Bonchev–Trinajstić information content (AvgIpc) is 3.23. The van der Waals surface area contributed by atoms with Crippen LogP contribution >= 0.6 is 11.3 Å². The largest absolute Gasteiger partial charge is 0.496 e. The fourth-order valence-corrected chi connectivity index (χ4v) is 5.54. The van der Waals surface area contributed by atoms with Crippen LogP contribution in [0.5, 0.6) is 11.5 Å². The van der Waals surface area contributed by atoms with Crippen LogP contribution in [0.25, 0.3) is 11.6 Å². The van der Waals surface area contributed by atoms with Gasteiger partial charge in [0.1, 0.15) is 27.8 Å². The second kappa shape index (κ2) is 11.4. The third kappa shape index (κ3) is 4.70. The van der Waals surface area contributed by atoms with Crippen molar-refractivity contribution in [2.45, 2.75) is 19.9 Å². The van der Waals surface area contributed by atoms with Crippen LogP contribution in [0.4, 0.5) is 0 Å². The highest BCUT2D eigenvalue weighted by Gasteiger charge is 2.39. The van der Waals surface area contributed by atoms with E-state index in [0.29, 0.717) is 27.2 Å². The number of carbonyl (C=O) groups excluding carboxylic acids is 2. The van der Waals surface area contributed by atoms with Crippen molar-refractivity contribution in [3.8, 4) is 11.5 Å². The van der Waals surface area contributed by atoms with Gasteiger partial charge < -0.3 is 24.7 Å². The highest BCUT2D eigenvalue weighted by Crippen LogP contribution is 2.36. The van der Waals surface area contributed by atoms with Gasteiger partial charge in [-0.15, -0.1) is 11.3 Å². The molecule has 198 valence electrons. The Bertz CT molecular complexity index is 1600. The van der Waals surface area contributed by atoms with Crippen molar-refractivity contribution in [2.24, 2.45) is 5.73 Å². The molecule has 1 unspecified atom stereocenters. The fourth-order valence-electron chi connectivity index (χ4n) is 4.38. The highest BCUT2D eigenvalue weighted by molar-refractivity contribution is 7.07. The molecule has 10 heteroatoms. The molecule has 0 saturated heterocycles. The molecule has 1 aliphatic rings. The number of esters is 2. The van der Waals surface area contributed by atoms with Crippen molar-refractivity contribution in [3.63, 3.8) is 0 Å². The third-order valence-corrected chi connectivity index (χ3v) is 7.10. The molecule has 0 amide bonds. The molecule has 0 radical (unpaired) electrons. The summed E-state index contributed by atoms with van der Waals surface area (Å²) in [4.78, 5) is 40.5. The molecule has 0 saturated carbocycles. The first-order valence-corrected chi connectivity index (χ1v) is 12.8. The van der Waals surface area contributed by atoms with Gasteiger partial charge in [0.05, 0.1) is 43.2 Å². The number of fused-ring (bicyclic) bond motifs is 1. The number of para-hydroxylation sites is 2. The number of benzene rings is 2. The number of rotatable bonds is 8. The second-order valence-corrected chi connectivity index (χ2v) is 9.15. The topological polar surface area (TPSA) is 119 Å². The number of hydrogen-bond acceptors (Lipinski definition) is 9. The molecule has 0 aliphatic carbocycles. The van der Waals surface area contributed by atoms with Crippen LogP contribution in [0, 0.1) is 0 Å². The maximum Gasteiger partial charge on any atom is 0.343 e. The van der Waals surface area contributed by atoms with Crippen LogP contribution in [0.2, 0.25) is 0 Å². The zero-order valence-electron chi connectivity index (χ0n) is 21.5. The monoisotopic (exact) mass is 536 g/mol. The molecule has 0 fully saturated rings. The Morgan fingerprint density at radius 2 is 1.55 bits per heavy atom. The molecule has 2 heterocycles. The SMILES string of the molecule is CCOC(=O)C1=C(N)C(C(=O)OCC)=c2sc(=Cc3ccccc3OC)c(=O)n2C1c1ccccc1OC. The minimum Gasteiger partial charge on any atom is -0.496 e. The Balaban J connectivity index is 2.15. The summed E-state index contributed by atoms with van der Waals surface area (Å²) in [6.07, 6.45) is 1.68. The number of nitrogens with two attached hydrogens (primary N) is 1. The maximum atomic E-state index is 14.0. The van der Waals surface area contributed by atoms with Gasteiger partial charge in [-0.05, 0) is 32.1 Å². The Morgan fingerprint density at radius 3 is 2.21 bits per heavy atom. The summed E-state index contributed by atoms with van der Waals surface area (Å²) in [5.74, 6) is -0.485. The molecule has 0 bridgehead atoms. The smallest absolute Gasteiger partial charge is 0.343 e. The average molecular weight is 537 g/mol. The minimum atomic E-state index is -1.01. The number of carbonyl (C=O) groups is 2. The zero-order chi connectivity index (χ0) is 27.4. The number of aromatic nitrogens is 1. The van der Waals surface area contributed by atoms with Crippen LogP contribution in [-0.4, -0.2) is 43.9 Å². The van der Waals surface area contributed by atoms with Gasteiger partial charge in [-0.3, -0.25) is 9.36 Å². The quantitative estimate of drug-likeness (QED) is 0.434. The van der Waals surface area contributed by atoms with Crippen molar-refractivity contribution >= 4 is 34.9 Å². The van der Waals surface area contributed by atoms with Crippen molar-refractivity contribution in [3.05, 3.63) is 90.5 Å². The molecule has 38 heavy (non-hydrogen) atoms. The van der Waals surface area contributed by atoms with Crippen LogP contribution in [-0.2, 0) is 19.1 Å². The molecule has 0 spiro atoms. The van der Waals surface area contributed by atoms with Crippen molar-refractivity contribution in [1.82, 2.24) is 4.57 Å². The van der Waals surface area contributed by atoms with Gasteiger partial charge in [0.15, 0.2) is 0 Å². The maximum absolute atomic E-state index is 14.0. The first-order chi connectivity index (χ1) is 18.4. The highest BCUT2D eigenvalue weighted by atomic mass is 32.1. The van der Waals surface area contributed by atoms with Crippen LogP contribution in [0.3, 0.4) is 0 Å². The van der Waals surface area contributed by atoms with E-state index in [1.807, 2.05) is 18.2 Å². The molecular formula is C28H28N2O7S. The number of nitrogens with zero attached hydrogens (tertiary/aromatic N) is 1. The Kier molecular flexibility index (Phi) is 8.02. The van der Waals surface area contributed by atoms with E-state index in [0.717, 1.165) is 11.3 Å². The van der Waals surface area contributed by atoms with Crippen molar-refractivity contribution in [1.29, 1.82) is 0 Å². The predicted octanol–water partition coefficient (Wildman–Crippen LogP) is 1.85. The Labute approximate surface area is 223 Å². The zero-order valence-corrected chi connectivity index (χ0v) is 22.3. The van der Waals surface area contributed by atoms with Gasteiger partial charge in [0.2, 0.25) is 0 Å². The van der Waals surface area contributed by atoms with E-state index in [2.05, 4.69) is 0 Å². The molecule has 1 aromatic heterocycles. The molecule has 2 aromatic carbocycles. The number of ether oxygens (including phenoxy) is 4. The Morgan fingerprint density at radius 1 is 0.947 bits per heavy atom. The lowest BCUT2D eigenvalue weighted by Gasteiger charge is -2.28. The summed E-state index contributed by atoms with van der Waals surface area (Å²) in [5.41, 5.74) is 7.07. The lowest BCUT2D eigenvalue weighted by atomic mass is 9.91. The first-order valence-electron chi connectivity index (χ1n) is 11.9. The van der Waals surface area contributed by atoms with E-state index >= 15 is 0 Å². The van der Waals surface area contributed by atoms with Gasteiger partial charge in [-0.25, -0.2) is 9.59 Å². The predicted molar refractivity (Wildman–Crippen MR) is 143 cm³/mol. The molecule has 9 nitrogen and oxygen atoms in total. The van der Waals surface area contributed by atoms with Gasteiger partial charge in [-0.2, -0.15) is 0 Å². The summed E-state index contributed by atoms with van der Waals surface area (Å²) in [7, 11) is 3.03. The standard InChI is InChI=1S/C28H28N2O7S/c1-5-36-27(32)21-23(29)22(28(33)37-6-2)26-30(24(21)17-12-8-10-14-19(17)35-4)25(31)20(38-26)15-16-11-7-9-13-18(16)34-3/h7-15,24H,5-6,29H2,1-4H3. The van der Waals surface area contributed by atoms with Crippen LogP contribution in [0.15, 0.2) is 64.6 Å².